The molecule has 1 aromatic carbocycles. The van der Waals surface area contributed by atoms with E-state index in [1.807, 2.05) is 12.1 Å². The normalized spacial score (nSPS) is 19.0. The summed E-state index contributed by atoms with van der Waals surface area (Å²) in [7, 11) is 0. The number of Topliss-reactive ketones (excluding diaryl/α,β-unsaturated/α-hetero) is 1. The molecule has 1 aromatic heterocycles. The molecule has 0 saturated carbocycles. The number of aromatic nitrogens is 1. The summed E-state index contributed by atoms with van der Waals surface area (Å²) in [4.78, 5) is 40.9. The lowest BCUT2D eigenvalue weighted by molar-refractivity contribution is -0.137. The van der Waals surface area contributed by atoms with Gasteiger partial charge in [0.15, 0.2) is 5.78 Å². The van der Waals surface area contributed by atoms with Crippen molar-refractivity contribution in [2.24, 2.45) is 0 Å². The number of rotatable bonds is 2. The molecular weight excluding hydrogens is 320 g/mol. The van der Waals surface area contributed by atoms with Gasteiger partial charge in [-0.1, -0.05) is 0 Å². The third-order valence-electron chi connectivity index (χ3n) is 5.42. The van der Waals surface area contributed by atoms with E-state index >= 15 is 0 Å². The molecule has 0 fully saturated rings. The van der Waals surface area contributed by atoms with Gasteiger partial charge in [0.2, 0.25) is 5.91 Å². The molecular formula is C19H20N2O4. The summed E-state index contributed by atoms with van der Waals surface area (Å²) in [5.74, 6) is -1.12. The number of aliphatic carboxylic acids is 1. The lowest BCUT2D eigenvalue weighted by atomic mass is 9.85. The number of ketones is 1. The van der Waals surface area contributed by atoms with Crippen molar-refractivity contribution in [3.05, 3.63) is 29.0 Å². The van der Waals surface area contributed by atoms with Crippen LogP contribution in [0.15, 0.2) is 12.1 Å². The fraction of sp³-hybridized carbons (Fsp3) is 0.421. The molecule has 1 aliphatic heterocycles. The summed E-state index contributed by atoms with van der Waals surface area (Å²) in [6, 6.07) is 3.79. The van der Waals surface area contributed by atoms with E-state index in [4.69, 9.17) is 0 Å². The highest BCUT2D eigenvalue weighted by atomic mass is 16.4. The first-order chi connectivity index (χ1) is 11.8. The average Bonchev–Trinajstić information content (AvgIpc) is 2.91. The van der Waals surface area contributed by atoms with Crippen LogP contribution in [0.3, 0.4) is 0 Å². The standard InChI is InChI=1S/C19H20N2O4/c1-19(2)12-8-13-11(7-14(12)21(18(19)25)9-16(23)24)10-5-3-4-6-15(22)17(10)20-13/h7-8,20H,3-6,9H2,1-2H3,(H,23,24). The first-order valence-corrected chi connectivity index (χ1v) is 8.56. The highest BCUT2D eigenvalue weighted by Crippen LogP contribution is 2.44. The number of aryl methyl sites for hydroxylation is 1. The van der Waals surface area contributed by atoms with Crippen LogP contribution in [0.25, 0.3) is 10.9 Å². The van der Waals surface area contributed by atoms with Gasteiger partial charge in [0.05, 0.1) is 11.1 Å². The SMILES string of the molecule is CC1(C)C(=O)N(CC(=O)O)c2cc3c4c([nH]c3cc21)C(=O)CCCC4. The zero-order valence-corrected chi connectivity index (χ0v) is 14.3. The number of carboxylic acids is 1. The van der Waals surface area contributed by atoms with Crippen LogP contribution in [0.1, 0.15) is 54.7 Å². The van der Waals surface area contributed by atoms with E-state index < -0.39 is 11.4 Å². The molecule has 2 aliphatic rings. The Bertz CT molecular complexity index is 939. The Kier molecular flexibility index (Phi) is 3.29. The van der Waals surface area contributed by atoms with Crippen molar-refractivity contribution < 1.29 is 19.5 Å². The van der Waals surface area contributed by atoms with Crippen LogP contribution >= 0.6 is 0 Å². The molecule has 6 nitrogen and oxygen atoms in total. The van der Waals surface area contributed by atoms with Crippen LogP contribution < -0.4 is 4.90 Å². The molecule has 2 heterocycles. The molecule has 25 heavy (non-hydrogen) atoms. The predicted octanol–water partition coefficient (Wildman–Crippen LogP) is 2.79. The minimum absolute atomic E-state index is 0.126. The molecule has 4 rings (SSSR count). The number of hydrogen-bond acceptors (Lipinski definition) is 3. The molecule has 0 unspecified atom stereocenters. The highest BCUT2D eigenvalue weighted by molar-refractivity contribution is 6.12. The number of nitrogens with one attached hydrogen (secondary N) is 1. The molecule has 0 spiro atoms. The summed E-state index contributed by atoms with van der Waals surface area (Å²) in [6.07, 6.45) is 3.20. The molecule has 0 atom stereocenters. The van der Waals surface area contributed by atoms with Crippen LogP contribution in [-0.4, -0.2) is 34.3 Å². The molecule has 130 valence electrons. The Labute approximate surface area is 144 Å². The van der Waals surface area contributed by atoms with Crippen molar-refractivity contribution in [1.29, 1.82) is 0 Å². The molecule has 1 aliphatic carbocycles. The number of hydrogen-bond donors (Lipinski definition) is 2. The first kappa shape index (κ1) is 15.9. The summed E-state index contributed by atoms with van der Waals surface area (Å²) in [5.41, 5.74) is 3.17. The summed E-state index contributed by atoms with van der Waals surface area (Å²) in [5, 5.41) is 10.1. The van der Waals surface area contributed by atoms with Crippen molar-refractivity contribution in [1.82, 2.24) is 4.98 Å². The van der Waals surface area contributed by atoms with Crippen molar-refractivity contribution in [2.75, 3.05) is 11.4 Å². The minimum atomic E-state index is -1.04. The van der Waals surface area contributed by atoms with E-state index in [9.17, 15) is 19.5 Å². The number of aromatic amines is 1. The van der Waals surface area contributed by atoms with Gasteiger partial charge in [0, 0.05) is 23.0 Å². The predicted molar refractivity (Wildman–Crippen MR) is 93.2 cm³/mol. The van der Waals surface area contributed by atoms with Gasteiger partial charge in [-0.2, -0.15) is 0 Å². The largest absolute Gasteiger partial charge is 0.480 e. The summed E-state index contributed by atoms with van der Waals surface area (Å²) in [6.45, 7) is 3.26. The van der Waals surface area contributed by atoms with Gasteiger partial charge in [0.1, 0.15) is 6.54 Å². The van der Waals surface area contributed by atoms with Gasteiger partial charge in [0.25, 0.3) is 0 Å². The van der Waals surface area contributed by atoms with Gasteiger partial charge in [-0.15, -0.1) is 0 Å². The molecule has 0 saturated heterocycles. The van der Waals surface area contributed by atoms with Crippen LogP contribution in [0.5, 0.6) is 0 Å². The Morgan fingerprint density at radius 3 is 2.68 bits per heavy atom. The number of benzene rings is 1. The molecule has 1 amide bonds. The van der Waals surface area contributed by atoms with Gasteiger partial charge in [-0.05, 0) is 56.4 Å². The van der Waals surface area contributed by atoms with E-state index in [0.717, 1.165) is 41.3 Å². The van der Waals surface area contributed by atoms with Gasteiger partial charge >= 0.3 is 5.97 Å². The zero-order chi connectivity index (χ0) is 17.9. The maximum Gasteiger partial charge on any atom is 0.323 e. The highest BCUT2D eigenvalue weighted by Gasteiger charge is 2.45. The number of nitrogens with zero attached hydrogens (tertiary/aromatic N) is 1. The number of carbonyl (C=O) groups is 3. The van der Waals surface area contributed by atoms with Crippen molar-refractivity contribution >= 4 is 34.3 Å². The molecule has 0 radical (unpaired) electrons. The lowest BCUT2D eigenvalue weighted by Gasteiger charge is -2.18. The smallest absolute Gasteiger partial charge is 0.323 e. The molecule has 2 N–H and O–H groups in total. The van der Waals surface area contributed by atoms with Crippen LogP contribution in [-0.2, 0) is 21.4 Å². The lowest BCUT2D eigenvalue weighted by Crippen LogP contribution is -2.39. The van der Waals surface area contributed by atoms with E-state index in [2.05, 4.69) is 4.98 Å². The van der Waals surface area contributed by atoms with Crippen LogP contribution in [0.2, 0.25) is 0 Å². The Morgan fingerprint density at radius 1 is 1.24 bits per heavy atom. The number of carboxylic acid groups (broad SMARTS) is 1. The second-order valence-electron chi connectivity index (χ2n) is 7.43. The van der Waals surface area contributed by atoms with E-state index in [1.54, 1.807) is 13.8 Å². The Balaban J connectivity index is 1.96. The average molecular weight is 340 g/mol. The fourth-order valence-electron chi connectivity index (χ4n) is 4.07. The molecule has 2 aromatic rings. The van der Waals surface area contributed by atoms with E-state index in [-0.39, 0.29) is 18.2 Å². The number of fused-ring (bicyclic) bond motifs is 4. The second kappa shape index (κ2) is 5.18. The summed E-state index contributed by atoms with van der Waals surface area (Å²) >= 11 is 0. The Morgan fingerprint density at radius 2 is 1.96 bits per heavy atom. The first-order valence-electron chi connectivity index (χ1n) is 8.56. The van der Waals surface area contributed by atoms with Gasteiger partial charge in [-0.3, -0.25) is 14.4 Å². The zero-order valence-electron chi connectivity index (χ0n) is 14.3. The molecule has 0 bridgehead atoms. The third-order valence-corrected chi connectivity index (χ3v) is 5.42. The number of H-pyrrole nitrogens is 1. The number of amides is 1. The van der Waals surface area contributed by atoms with Gasteiger partial charge in [-0.25, -0.2) is 0 Å². The van der Waals surface area contributed by atoms with Crippen molar-refractivity contribution in [3.8, 4) is 0 Å². The van der Waals surface area contributed by atoms with E-state index in [1.165, 1.54) is 4.90 Å². The Hall–Kier alpha value is -2.63. The van der Waals surface area contributed by atoms with Crippen LogP contribution in [0.4, 0.5) is 5.69 Å². The van der Waals surface area contributed by atoms with E-state index in [0.29, 0.717) is 17.8 Å². The number of carbonyl (C=O) groups excluding carboxylic acids is 2. The fourth-order valence-corrected chi connectivity index (χ4v) is 4.07. The summed E-state index contributed by atoms with van der Waals surface area (Å²) < 4.78 is 0. The minimum Gasteiger partial charge on any atom is -0.480 e. The quantitative estimate of drug-likeness (QED) is 0.823. The van der Waals surface area contributed by atoms with Crippen LogP contribution in [0, 0.1) is 0 Å². The third kappa shape index (κ3) is 2.20. The topological polar surface area (TPSA) is 90.5 Å². The monoisotopic (exact) mass is 340 g/mol. The maximum absolute atomic E-state index is 12.7. The second-order valence-corrected chi connectivity index (χ2v) is 7.43. The maximum atomic E-state index is 12.7. The number of anilines is 1. The van der Waals surface area contributed by atoms with Gasteiger partial charge < -0.3 is 15.0 Å². The molecule has 6 heteroatoms. The van der Waals surface area contributed by atoms with Crippen molar-refractivity contribution in [2.45, 2.75) is 44.9 Å². The van der Waals surface area contributed by atoms with Crippen molar-refractivity contribution in [3.63, 3.8) is 0 Å².